The average molecular weight is 333 g/mol. The van der Waals surface area contributed by atoms with Gasteiger partial charge in [-0.05, 0) is 44.2 Å². The third-order valence-corrected chi connectivity index (χ3v) is 4.09. The first kappa shape index (κ1) is 18.0. The molecule has 6 heteroatoms. The topological polar surface area (TPSA) is 96.2 Å². The third-order valence-electron chi connectivity index (χ3n) is 4.09. The van der Waals surface area contributed by atoms with Crippen LogP contribution in [-0.4, -0.2) is 28.3 Å². The lowest BCUT2D eigenvalue weighted by atomic mass is 9.96. The fourth-order valence-electron chi connectivity index (χ4n) is 2.85. The van der Waals surface area contributed by atoms with E-state index in [0.29, 0.717) is 18.4 Å². The first-order valence-electron chi connectivity index (χ1n) is 8.24. The number of nitrogens with zero attached hydrogens (tertiary/aromatic N) is 1. The number of hydrogen-bond acceptors (Lipinski definition) is 6. The molecule has 0 fully saturated rings. The molecule has 2 atom stereocenters. The highest BCUT2D eigenvalue weighted by molar-refractivity contribution is 5.94. The van der Waals surface area contributed by atoms with Crippen molar-refractivity contribution in [3.8, 4) is 11.5 Å². The normalized spacial score (nSPS) is 24.3. The summed E-state index contributed by atoms with van der Waals surface area (Å²) >= 11 is 0. The molecule has 130 valence electrons. The number of cyclic esters (lactones) is 1. The maximum atomic E-state index is 12.4. The number of nitroso groups, excluding NO2 is 1. The van der Waals surface area contributed by atoms with E-state index in [2.05, 4.69) is 5.18 Å². The van der Waals surface area contributed by atoms with Gasteiger partial charge in [0.05, 0.1) is 6.04 Å². The molecule has 6 nitrogen and oxygen atoms in total. The minimum absolute atomic E-state index is 0.00524. The molecule has 0 aliphatic carbocycles. The van der Waals surface area contributed by atoms with E-state index in [9.17, 15) is 19.9 Å². The van der Waals surface area contributed by atoms with Crippen molar-refractivity contribution in [1.29, 1.82) is 0 Å². The zero-order valence-electron chi connectivity index (χ0n) is 13.8. The molecule has 0 bridgehead atoms. The van der Waals surface area contributed by atoms with Crippen LogP contribution < -0.4 is 0 Å². The van der Waals surface area contributed by atoms with Crippen molar-refractivity contribution < 1.29 is 19.7 Å². The Kier molecular flexibility index (Phi) is 6.35. The van der Waals surface area contributed by atoms with Crippen LogP contribution in [0, 0.1) is 4.91 Å². The van der Waals surface area contributed by atoms with Gasteiger partial charge in [0.15, 0.2) is 0 Å². The molecule has 0 aromatic heterocycles. The van der Waals surface area contributed by atoms with Crippen molar-refractivity contribution in [1.82, 2.24) is 0 Å². The standard InChI is InChI=1S/C18H23NO5/c1-12-7-5-3-2-4-6-8-14(19-23)9-13-10-15(20)11-16(21)17(13)18(22)24-12/h3,5,10-12,14,20-21H,2,4,6-9H2,1H3/b5-3+. The van der Waals surface area contributed by atoms with Gasteiger partial charge in [0.25, 0.3) is 0 Å². The van der Waals surface area contributed by atoms with Crippen molar-refractivity contribution >= 4 is 5.97 Å². The van der Waals surface area contributed by atoms with E-state index in [1.54, 1.807) is 6.92 Å². The lowest BCUT2D eigenvalue weighted by Gasteiger charge is -2.17. The lowest BCUT2D eigenvalue weighted by Crippen LogP contribution is -2.18. The number of ether oxygens (including phenoxy) is 1. The molecule has 1 aromatic carbocycles. The minimum Gasteiger partial charge on any atom is -0.508 e. The Morgan fingerprint density at radius 2 is 2.00 bits per heavy atom. The Hall–Kier alpha value is -2.37. The van der Waals surface area contributed by atoms with E-state index in [4.69, 9.17) is 4.74 Å². The largest absolute Gasteiger partial charge is 0.508 e. The van der Waals surface area contributed by atoms with Gasteiger partial charge in [-0.15, -0.1) is 0 Å². The summed E-state index contributed by atoms with van der Waals surface area (Å²) in [6.45, 7) is 1.78. The van der Waals surface area contributed by atoms with Crippen LogP contribution in [0.15, 0.2) is 29.5 Å². The van der Waals surface area contributed by atoms with E-state index < -0.39 is 12.0 Å². The molecule has 2 N–H and O–H groups in total. The van der Waals surface area contributed by atoms with E-state index in [1.165, 1.54) is 6.07 Å². The van der Waals surface area contributed by atoms with Gasteiger partial charge < -0.3 is 14.9 Å². The highest BCUT2D eigenvalue weighted by Gasteiger charge is 2.23. The molecule has 0 radical (unpaired) electrons. The zero-order valence-corrected chi connectivity index (χ0v) is 13.8. The van der Waals surface area contributed by atoms with E-state index in [1.807, 2.05) is 12.2 Å². The van der Waals surface area contributed by atoms with Gasteiger partial charge in [0.1, 0.15) is 23.2 Å². The molecule has 2 unspecified atom stereocenters. The second-order valence-corrected chi connectivity index (χ2v) is 6.17. The molecular formula is C18H23NO5. The maximum absolute atomic E-state index is 12.4. The average Bonchev–Trinajstić information content (AvgIpc) is 2.51. The van der Waals surface area contributed by atoms with Gasteiger partial charge >= 0.3 is 5.97 Å². The summed E-state index contributed by atoms with van der Waals surface area (Å²) in [5.41, 5.74) is 0.372. The number of esters is 1. The second kappa shape index (κ2) is 8.47. The van der Waals surface area contributed by atoms with Gasteiger partial charge in [-0.3, -0.25) is 0 Å². The number of hydrogen-bond donors (Lipinski definition) is 2. The van der Waals surface area contributed by atoms with Gasteiger partial charge in [-0.2, -0.15) is 4.91 Å². The highest BCUT2D eigenvalue weighted by atomic mass is 16.5. The number of rotatable bonds is 1. The Bertz CT molecular complexity index is 626. The number of aromatic hydroxyl groups is 2. The molecule has 1 heterocycles. The van der Waals surface area contributed by atoms with Gasteiger partial charge in [0, 0.05) is 12.5 Å². The maximum Gasteiger partial charge on any atom is 0.342 e. The summed E-state index contributed by atoms with van der Waals surface area (Å²) in [6, 6.07) is 1.96. The van der Waals surface area contributed by atoms with Crippen molar-refractivity contribution in [2.75, 3.05) is 0 Å². The minimum atomic E-state index is -0.662. The van der Waals surface area contributed by atoms with Crippen LogP contribution in [0.4, 0.5) is 0 Å². The van der Waals surface area contributed by atoms with E-state index >= 15 is 0 Å². The molecule has 0 amide bonds. The number of fused-ring (bicyclic) bond motifs is 1. The monoisotopic (exact) mass is 333 g/mol. The summed E-state index contributed by atoms with van der Waals surface area (Å²) in [4.78, 5) is 23.5. The van der Waals surface area contributed by atoms with E-state index in [0.717, 1.165) is 25.3 Å². The van der Waals surface area contributed by atoms with Gasteiger partial charge in [-0.25, -0.2) is 4.79 Å². The lowest BCUT2D eigenvalue weighted by molar-refractivity contribution is 0.0343. The Morgan fingerprint density at radius 3 is 2.75 bits per heavy atom. The third kappa shape index (κ3) is 4.81. The molecule has 0 saturated heterocycles. The molecule has 1 aliphatic heterocycles. The predicted molar refractivity (Wildman–Crippen MR) is 90.2 cm³/mol. The fourth-order valence-corrected chi connectivity index (χ4v) is 2.85. The number of carbonyl (C=O) groups excluding carboxylic acids is 1. The first-order chi connectivity index (χ1) is 11.5. The first-order valence-corrected chi connectivity index (χ1v) is 8.24. The molecule has 1 aromatic rings. The van der Waals surface area contributed by atoms with Crippen molar-refractivity contribution in [3.05, 3.63) is 40.3 Å². The highest BCUT2D eigenvalue weighted by Crippen LogP contribution is 2.30. The molecule has 24 heavy (non-hydrogen) atoms. The van der Waals surface area contributed by atoms with Crippen molar-refractivity contribution in [3.63, 3.8) is 0 Å². The number of benzene rings is 1. The summed E-state index contributed by atoms with van der Waals surface area (Å²) in [6.07, 6.45) is 7.76. The van der Waals surface area contributed by atoms with Crippen LogP contribution in [0.3, 0.4) is 0 Å². The summed E-state index contributed by atoms with van der Waals surface area (Å²) in [7, 11) is 0. The predicted octanol–water partition coefficient (Wildman–Crippen LogP) is 3.84. The van der Waals surface area contributed by atoms with Gasteiger partial charge in [0.2, 0.25) is 0 Å². The number of phenolic OH excluding ortho intramolecular Hbond substituents is 2. The van der Waals surface area contributed by atoms with Crippen molar-refractivity contribution in [2.24, 2.45) is 5.18 Å². The second-order valence-electron chi connectivity index (χ2n) is 6.17. The fraction of sp³-hybridized carbons (Fsp3) is 0.500. The summed E-state index contributed by atoms with van der Waals surface area (Å²) in [5.74, 6) is -1.18. The van der Waals surface area contributed by atoms with Crippen LogP contribution in [0.2, 0.25) is 0 Å². The Balaban J connectivity index is 2.36. The number of carbonyl (C=O) groups is 1. The number of phenols is 2. The SMILES string of the molecule is CC1C/C=C/CCCCC(N=O)Cc2cc(O)cc(O)c2C(=O)O1. The van der Waals surface area contributed by atoms with Crippen LogP contribution in [0.1, 0.15) is 54.9 Å². The van der Waals surface area contributed by atoms with Crippen molar-refractivity contribution in [2.45, 2.75) is 57.6 Å². The zero-order chi connectivity index (χ0) is 17.5. The van der Waals surface area contributed by atoms with Crippen LogP contribution >= 0.6 is 0 Å². The Labute approximate surface area is 141 Å². The van der Waals surface area contributed by atoms with Crippen LogP contribution in [0.5, 0.6) is 11.5 Å². The summed E-state index contributed by atoms with van der Waals surface area (Å²) in [5, 5.41) is 22.9. The summed E-state index contributed by atoms with van der Waals surface area (Å²) < 4.78 is 5.37. The van der Waals surface area contributed by atoms with E-state index in [-0.39, 0.29) is 29.6 Å². The van der Waals surface area contributed by atoms with Crippen LogP contribution in [0.25, 0.3) is 0 Å². The Morgan fingerprint density at radius 1 is 1.21 bits per heavy atom. The number of allylic oxidation sites excluding steroid dienone is 1. The van der Waals surface area contributed by atoms with Gasteiger partial charge in [-0.1, -0.05) is 23.7 Å². The molecule has 1 aliphatic rings. The van der Waals surface area contributed by atoms with Crippen LogP contribution in [-0.2, 0) is 11.2 Å². The quantitative estimate of drug-likeness (QED) is 0.462. The molecule has 0 spiro atoms. The molecule has 2 rings (SSSR count). The smallest absolute Gasteiger partial charge is 0.342 e. The molecule has 0 saturated carbocycles. The molecular weight excluding hydrogens is 310 g/mol.